The van der Waals surface area contributed by atoms with Crippen LogP contribution in [0.1, 0.15) is 103 Å². The molecular weight excluding hydrogens is 1820 g/mol. The molecule has 0 N–H and O–H groups in total. The van der Waals surface area contributed by atoms with Gasteiger partial charge < -0.3 is 0 Å². The number of halogens is 48. The third-order valence-corrected chi connectivity index (χ3v) is 16.9. The Kier molecular flexibility index (Phi) is 29.7. The molecule has 0 aliphatic carbocycles. The molecule has 0 radical (unpaired) electrons. The molecule has 0 bridgehead atoms. The molecule has 0 saturated heterocycles. The maximum Gasteiger partial charge on any atom is 2.00 e. The number of rotatable bonds is 8. The number of alkyl halides is 48. The third-order valence-electron chi connectivity index (χ3n) is 16.9. The van der Waals surface area contributed by atoms with Gasteiger partial charge >= 0.3 is 137 Å². The molecule has 0 aliphatic rings. The molecule has 0 unspecified atom stereocenters. The molecule has 656 valence electrons. The average molecular weight is 1850 g/mol. The molecule has 0 spiro atoms. The zero-order chi connectivity index (χ0) is 93.2. The van der Waals surface area contributed by atoms with Gasteiger partial charge in [0.15, 0.2) is 0 Å². The molecule has 53 heteroatoms. The van der Waals surface area contributed by atoms with Crippen LogP contribution in [-0.4, -0.2) is 50.0 Å². The van der Waals surface area contributed by atoms with Crippen molar-refractivity contribution in [2.75, 3.05) is 0 Å². The minimum Gasteiger partial charge on any atom is -0.199 e. The van der Waals surface area contributed by atoms with E-state index < -0.39 is 389 Å². The van der Waals surface area contributed by atoms with Crippen molar-refractivity contribution in [3.8, 4) is 12.1 Å². The second-order valence-corrected chi connectivity index (χ2v) is 24.9. The van der Waals surface area contributed by atoms with E-state index in [1.165, 1.54) is 13.8 Å². The van der Waals surface area contributed by atoms with Crippen molar-refractivity contribution in [2.24, 2.45) is 0 Å². The van der Waals surface area contributed by atoms with Crippen LogP contribution < -0.4 is 43.7 Å². The minimum absolute atomic E-state index is 0. The molecule has 0 atom stereocenters. The van der Waals surface area contributed by atoms with Gasteiger partial charge in [0.1, 0.15) is 12.3 Å². The van der Waals surface area contributed by atoms with Gasteiger partial charge in [-0.25, -0.2) is 0 Å². The first-order valence-corrected chi connectivity index (χ1v) is 30.7. The Balaban J connectivity index is 0.000000473. The third kappa shape index (κ3) is 24.6. The van der Waals surface area contributed by atoms with Gasteiger partial charge in [0.2, 0.25) is 0 Å². The molecule has 121 heavy (non-hydrogen) atoms. The quantitative estimate of drug-likeness (QED) is 0.112. The molecule has 0 aliphatic heterocycles. The Hall–Kier alpha value is -9.23. The van der Waals surface area contributed by atoms with Gasteiger partial charge in [-0.15, -0.1) is 0 Å². The van der Waals surface area contributed by atoms with Gasteiger partial charge in [-0.2, -0.15) is 265 Å². The van der Waals surface area contributed by atoms with Crippen LogP contribution in [0.5, 0.6) is 0 Å². The fourth-order valence-corrected chi connectivity index (χ4v) is 12.1. The van der Waals surface area contributed by atoms with E-state index in [4.69, 9.17) is 10.5 Å². The van der Waals surface area contributed by atoms with Crippen LogP contribution in [0.25, 0.3) is 0 Å². The van der Waals surface area contributed by atoms with E-state index in [0.29, 0.717) is 0 Å². The SMILES string of the molecule is CC#N.CC#N.FC(F)(F)c1cc([B-](c2cc(C(F)(F)F)cc(C(F)(F)F)c2)(c2cc(C(F)(F)F)cc(C(F)(F)F)c2)c2cc(C(F)(F)F)cc(C(F)(F)F)c2)cc(C(F)(F)F)c1.FC(F)(F)c1cc([B-](c2cc(C(F)(F)F)cc(C(F)(F)F)c2)(c2cc(C(F)(F)F)cc(C(F)(F)F)c2)c2cc(C(F)(F)F)cc(C(F)(F)F)c2)cc(C(F)(F)F)c1.[Ca+2]. The fourth-order valence-electron chi connectivity index (χ4n) is 12.1. The Labute approximate surface area is 671 Å². The van der Waals surface area contributed by atoms with Gasteiger partial charge in [0.05, 0.1) is 101 Å². The van der Waals surface area contributed by atoms with E-state index in [0.717, 1.165) is 0 Å². The van der Waals surface area contributed by atoms with Crippen molar-refractivity contribution in [2.45, 2.75) is 113 Å². The maximum absolute atomic E-state index is 14.2. The zero-order valence-electron chi connectivity index (χ0n) is 57.8. The summed E-state index contributed by atoms with van der Waals surface area (Å²) in [6, 6.07) is -14.1. The van der Waals surface area contributed by atoms with Crippen molar-refractivity contribution >= 4 is 93.7 Å². The standard InChI is InChI=1S/2C32H12BF24.2C2H3N.Ca/c2*34-25(35,36)13-1-14(26(37,38)39)6-21(5-13)33(22-7-15(27(40,41)42)2-16(8-22)28(43,44)45,23-9-17(29(46,47)48)3-18(10-23)30(49,50)51)24-11-19(31(52,53)54)4-20(12-24)32(55,56)57;2*1-2-3;/h2*1-12H;2*1H3;/q2*-1;;;+2. The average Bonchev–Trinajstić information content (AvgIpc) is 0.710. The van der Waals surface area contributed by atoms with Crippen LogP contribution in [0.3, 0.4) is 0 Å². The summed E-state index contributed by atoms with van der Waals surface area (Å²) >= 11 is 0. The number of benzene rings is 8. The Morgan fingerprint density at radius 1 is 0.149 bits per heavy atom. The maximum atomic E-state index is 14.2. The van der Waals surface area contributed by atoms with Crippen molar-refractivity contribution in [3.63, 3.8) is 0 Å². The molecule has 0 aromatic heterocycles. The molecular formula is C68H30B2CaF48N2. The van der Waals surface area contributed by atoms with Gasteiger partial charge in [-0.1, -0.05) is 97.1 Å². The van der Waals surface area contributed by atoms with Crippen LogP contribution >= 0.6 is 0 Å². The molecule has 0 amide bonds. The van der Waals surface area contributed by atoms with Crippen LogP contribution in [-0.2, 0) is 98.8 Å². The van der Waals surface area contributed by atoms with Gasteiger partial charge in [0.25, 0.3) is 0 Å². The minimum atomic E-state index is -6.13. The summed E-state index contributed by atoms with van der Waals surface area (Å²) in [5, 5.41) is 14.6. The topological polar surface area (TPSA) is 47.6 Å². The van der Waals surface area contributed by atoms with E-state index >= 15 is 0 Å². The Bertz CT molecular complexity index is 3930. The summed E-state index contributed by atoms with van der Waals surface area (Å²) in [6.07, 6.45) is -110. The summed E-state index contributed by atoms with van der Waals surface area (Å²) in [7, 11) is 0. The Morgan fingerprint density at radius 3 is 0.240 bits per heavy atom. The van der Waals surface area contributed by atoms with E-state index in [9.17, 15) is 211 Å². The Morgan fingerprint density at radius 2 is 0.198 bits per heavy atom. The first-order chi connectivity index (χ1) is 53.4. The van der Waals surface area contributed by atoms with E-state index in [1.807, 2.05) is 0 Å². The van der Waals surface area contributed by atoms with Gasteiger partial charge in [-0.05, 0) is 48.5 Å². The number of hydrogen-bond donors (Lipinski definition) is 0. The van der Waals surface area contributed by atoms with Gasteiger partial charge in [-0.3, -0.25) is 0 Å². The van der Waals surface area contributed by atoms with Crippen LogP contribution in [0.4, 0.5) is 211 Å². The number of nitrogens with zero attached hydrogens (tertiary/aromatic N) is 2. The molecule has 0 fully saturated rings. The van der Waals surface area contributed by atoms with Crippen LogP contribution in [0, 0.1) is 22.7 Å². The van der Waals surface area contributed by atoms with Gasteiger partial charge in [0, 0.05) is 13.8 Å². The monoisotopic (exact) mass is 1850 g/mol. The molecule has 8 rings (SSSR count). The second-order valence-electron chi connectivity index (χ2n) is 24.9. The summed E-state index contributed by atoms with van der Waals surface area (Å²) in [6.45, 7) is 2.86. The largest absolute Gasteiger partial charge is 2.00 e. The molecule has 8 aromatic carbocycles. The predicted molar refractivity (Wildman–Crippen MR) is 328 cm³/mol. The normalized spacial score (nSPS) is 13.6. The van der Waals surface area contributed by atoms with E-state index in [2.05, 4.69) is 0 Å². The molecule has 0 heterocycles. The van der Waals surface area contributed by atoms with Crippen molar-refractivity contribution < 1.29 is 211 Å². The van der Waals surface area contributed by atoms with E-state index in [-0.39, 0.29) is 37.7 Å². The molecule has 0 saturated carbocycles. The van der Waals surface area contributed by atoms with Crippen molar-refractivity contribution in [1.82, 2.24) is 0 Å². The smallest absolute Gasteiger partial charge is 0.199 e. The fraction of sp³-hybridized carbons (Fsp3) is 0.265. The zero-order valence-corrected chi connectivity index (χ0v) is 60.0. The number of nitriles is 2. The van der Waals surface area contributed by atoms with Crippen molar-refractivity contribution in [3.05, 3.63) is 235 Å². The van der Waals surface area contributed by atoms with E-state index in [1.54, 1.807) is 12.1 Å². The first kappa shape index (κ1) is 104. The summed E-state index contributed by atoms with van der Waals surface area (Å²) in [4.78, 5) is 0. The molecule has 2 nitrogen and oxygen atoms in total. The second kappa shape index (κ2) is 34.5. The first-order valence-electron chi connectivity index (χ1n) is 30.7. The van der Waals surface area contributed by atoms with Crippen molar-refractivity contribution in [1.29, 1.82) is 10.5 Å². The van der Waals surface area contributed by atoms with Crippen LogP contribution in [0.15, 0.2) is 146 Å². The summed E-state index contributed by atoms with van der Waals surface area (Å²) in [5.74, 6) is 0. The summed E-state index contributed by atoms with van der Waals surface area (Å²) < 4.78 is 682. The summed E-state index contributed by atoms with van der Waals surface area (Å²) in [5.41, 5.74) is -60.4. The van der Waals surface area contributed by atoms with Crippen LogP contribution in [0.2, 0.25) is 0 Å². The predicted octanol–water partition coefficient (Wildman–Crippen LogP) is 23.1. The number of hydrogen-bond acceptors (Lipinski definition) is 2. The molecule has 8 aromatic rings.